The summed E-state index contributed by atoms with van der Waals surface area (Å²) in [6.45, 7) is 6.51. The molecular formula is C35H48N6O7. The summed E-state index contributed by atoms with van der Waals surface area (Å²) in [5.74, 6) is -0.241. The monoisotopic (exact) mass is 664 g/mol. The van der Waals surface area contributed by atoms with Gasteiger partial charge in [0.25, 0.3) is 0 Å². The molecule has 13 nitrogen and oxygen atoms in total. The predicted molar refractivity (Wildman–Crippen MR) is 186 cm³/mol. The molecule has 0 radical (unpaired) electrons. The highest BCUT2D eigenvalue weighted by Crippen LogP contribution is 2.30. The van der Waals surface area contributed by atoms with Crippen molar-refractivity contribution < 1.29 is 34.0 Å². The number of guanidine groups is 1. The Kier molecular flexibility index (Phi) is 15.8. The molecule has 1 aliphatic rings. The van der Waals surface area contributed by atoms with Crippen LogP contribution < -0.4 is 36.5 Å². The number of hydrogen-bond acceptors (Lipinski definition) is 9. The van der Waals surface area contributed by atoms with Gasteiger partial charge in [0.15, 0.2) is 12.1 Å². The van der Waals surface area contributed by atoms with E-state index in [4.69, 9.17) is 36.2 Å². The molecule has 0 fully saturated rings. The van der Waals surface area contributed by atoms with Crippen LogP contribution >= 0.6 is 0 Å². The maximum Gasteiger partial charge on any atom is 0.333 e. The van der Waals surface area contributed by atoms with Crippen molar-refractivity contribution in [2.45, 2.75) is 51.3 Å². The standard InChI is InChI=1S/C29H34N2O5.C6H14N4O2/c1-2-34-28(29(32)33)20-23-7-5-8-24(19-23)30-21-22-11-13-25(14-12-22)35-17-6-15-31-16-18-36-27-10-4-3-9-26(27)31;7-4(5(11)12)2-1-3-10-6(8)9/h3-5,7-14,19,28,30H,2,6,15-18,20-21H2,1H3,(H,32,33);4H,1-3,7H2,(H,11,12)(H4,8,9,10)/t;4-/m.0/s1. The molecule has 260 valence electrons. The Morgan fingerprint density at radius 2 is 1.79 bits per heavy atom. The van der Waals surface area contributed by atoms with Crippen LogP contribution in [0.2, 0.25) is 0 Å². The number of carbonyl (C=O) groups is 2. The summed E-state index contributed by atoms with van der Waals surface area (Å²) in [5.41, 5.74) is 14.4. The summed E-state index contributed by atoms with van der Waals surface area (Å²) < 4.78 is 17.0. The van der Waals surface area contributed by atoms with Gasteiger partial charge in [-0.05, 0) is 73.7 Å². The Balaban J connectivity index is 0.000000444. The normalized spacial score (nSPS) is 13.1. The summed E-state index contributed by atoms with van der Waals surface area (Å²) >= 11 is 0. The van der Waals surface area contributed by atoms with Crippen LogP contribution in [0.15, 0.2) is 72.8 Å². The molecule has 0 aliphatic carbocycles. The van der Waals surface area contributed by atoms with E-state index in [1.54, 1.807) is 6.92 Å². The number of carboxylic acids is 2. The lowest BCUT2D eigenvalue weighted by atomic mass is 10.1. The zero-order valence-electron chi connectivity index (χ0n) is 27.4. The summed E-state index contributed by atoms with van der Waals surface area (Å²) in [5, 5.41) is 30.4. The Hall–Kier alpha value is -5.01. The second-order valence-electron chi connectivity index (χ2n) is 11.1. The zero-order chi connectivity index (χ0) is 34.7. The van der Waals surface area contributed by atoms with E-state index in [-0.39, 0.29) is 5.96 Å². The molecule has 3 aromatic carbocycles. The second kappa shape index (κ2) is 20.3. The molecular weight excluding hydrogens is 616 g/mol. The third-order valence-electron chi connectivity index (χ3n) is 7.40. The van der Waals surface area contributed by atoms with E-state index in [9.17, 15) is 14.7 Å². The van der Waals surface area contributed by atoms with Crippen LogP contribution in [0.25, 0.3) is 0 Å². The maximum absolute atomic E-state index is 11.4. The van der Waals surface area contributed by atoms with Crippen molar-refractivity contribution in [3.05, 3.63) is 83.9 Å². The number of hydrogen-bond donors (Lipinski definition) is 7. The minimum Gasteiger partial charge on any atom is -0.494 e. The third kappa shape index (κ3) is 13.4. The highest BCUT2D eigenvalue weighted by atomic mass is 16.5. The van der Waals surface area contributed by atoms with Gasteiger partial charge in [-0.25, -0.2) is 4.79 Å². The Morgan fingerprint density at radius 1 is 1.02 bits per heavy atom. The van der Waals surface area contributed by atoms with Crippen LogP contribution in [0.5, 0.6) is 11.5 Å². The van der Waals surface area contributed by atoms with Crippen molar-refractivity contribution >= 4 is 29.3 Å². The fourth-order valence-corrected chi connectivity index (χ4v) is 4.92. The van der Waals surface area contributed by atoms with Crippen LogP contribution in [0, 0.1) is 5.41 Å². The third-order valence-corrected chi connectivity index (χ3v) is 7.40. The number of nitrogens with one attached hydrogen (secondary N) is 3. The number of nitrogens with two attached hydrogens (primary N) is 2. The summed E-state index contributed by atoms with van der Waals surface area (Å²) in [4.78, 5) is 23.9. The first-order valence-corrected chi connectivity index (χ1v) is 16.1. The van der Waals surface area contributed by atoms with Gasteiger partial charge in [-0.15, -0.1) is 0 Å². The van der Waals surface area contributed by atoms with E-state index in [0.29, 0.717) is 52.2 Å². The van der Waals surface area contributed by atoms with E-state index in [1.807, 2.05) is 54.6 Å². The predicted octanol–water partition coefficient (Wildman–Crippen LogP) is 3.66. The first-order valence-electron chi connectivity index (χ1n) is 16.1. The van der Waals surface area contributed by atoms with E-state index in [0.717, 1.165) is 53.5 Å². The molecule has 1 aliphatic heterocycles. The molecule has 1 heterocycles. The number of aliphatic carboxylic acids is 2. The molecule has 48 heavy (non-hydrogen) atoms. The fourth-order valence-electron chi connectivity index (χ4n) is 4.92. The largest absolute Gasteiger partial charge is 0.494 e. The van der Waals surface area contributed by atoms with Gasteiger partial charge in [0.2, 0.25) is 0 Å². The quantitative estimate of drug-likeness (QED) is 0.0591. The van der Waals surface area contributed by atoms with Crippen molar-refractivity contribution in [3.63, 3.8) is 0 Å². The van der Waals surface area contributed by atoms with Crippen molar-refractivity contribution in [2.24, 2.45) is 11.5 Å². The number of ether oxygens (including phenoxy) is 3. The lowest BCUT2D eigenvalue weighted by Crippen LogP contribution is -2.34. The highest BCUT2D eigenvalue weighted by molar-refractivity contribution is 5.74. The smallest absolute Gasteiger partial charge is 0.333 e. The summed E-state index contributed by atoms with van der Waals surface area (Å²) in [6.07, 6.45) is 1.41. The summed E-state index contributed by atoms with van der Waals surface area (Å²) in [7, 11) is 0. The Bertz CT molecular complexity index is 1440. The van der Waals surface area contributed by atoms with Crippen molar-refractivity contribution in [1.82, 2.24) is 5.32 Å². The lowest BCUT2D eigenvalue weighted by Gasteiger charge is -2.31. The van der Waals surface area contributed by atoms with Crippen LogP contribution in [0.4, 0.5) is 11.4 Å². The number of rotatable bonds is 18. The summed E-state index contributed by atoms with van der Waals surface area (Å²) in [6, 6.07) is 23.2. The molecule has 13 heteroatoms. The molecule has 0 bridgehead atoms. The van der Waals surface area contributed by atoms with Gasteiger partial charge in [-0.1, -0.05) is 36.4 Å². The first kappa shape index (κ1) is 37.4. The van der Waals surface area contributed by atoms with Crippen molar-refractivity contribution in [1.29, 1.82) is 5.41 Å². The number of nitrogens with zero attached hydrogens (tertiary/aromatic N) is 1. The average Bonchev–Trinajstić information content (AvgIpc) is 3.08. The molecule has 1 unspecified atom stereocenters. The van der Waals surface area contributed by atoms with Gasteiger partial charge in [-0.2, -0.15) is 0 Å². The van der Waals surface area contributed by atoms with Gasteiger partial charge in [0.05, 0.1) is 18.8 Å². The topological polar surface area (TPSA) is 205 Å². The number of carboxylic acid groups (broad SMARTS) is 2. The lowest BCUT2D eigenvalue weighted by molar-refractivity contribution is -0.150. The van der Waals surface area contributed by atoms with E-state index in [1.165, 1.54) is 0 Å². The van der Waals surface area contributed by atoms with Crippen LogP contribution in [0.3, 0.4) is 0 Å². The molecule has 0 amide bonds. The highest BCUT2D eigenvalue weighted by Gasteiger charge is 2.18. The number of para-hydroxylation sites is 2. The zero-order valence-corrected chi connectivity index (χ0v) is 27.4. The van der Waals surface area contributed by atoms with E-state index >= 15 is 0 Å². The molecule has 4 rings (SSSR count). The van der Waals surface area contributed by atoms with Gasteiger partial charge >= 0.3 is 11.9 Å². The van der Waals surface area contributed by atoms with Gasteiger partial charge < -0.3 is 51.4 Å². The van der Waals surface area contributed by atoms with E-state index in [2.05, 4.69) is 33.7 Å². The van der Waals surface area contributed by atoms with E-state index < -0.39 is 24.1 Å². The maximum atomic E-state index is 11.4. The van der Waals surface area contributed by atoms with Crippen LogP contribution in [-0.2, 0) is 27.3 Å². The molecule has 0 spiro atoms. The van der Waals surface area contributed by atoms with Gasteiger partial charge in [-0.3, -0.25) is 10.2 Å². The fraction of sp³-hybridized carbons (Fsp3) is 0.400. The van der Waals surface area contributed by atoms with Crippen molar-refractivity contribution in [3.8, 4) is 11.5 Å². The minimum absolute atomic E-state index is 0.112. The molecule has 0 saturated heterocycles. The molecule has 3 aromatic rings. The molecule has 0 saturated carbocycles. The molecule has 0 aromatic heterocycles. The molecule has 9 N–H and O–H groups in total. The van der Waals surface area contributed by atoms with Crippen molar-refractivity contribution in [2.75, 3.05) is 49.7 Å². The number of fused-ring (bicyclic) bond motifs is 1. The van der Waals surface area contributed by atoms with Gasteiger partial charge in [0.1, 0.15) is 24.1 Å². The van der Waals surface area contributed by atoms with Gasteiger partial charge in [0, 0.05) is 38.3 Å². The second-order valence-corrected chi connectivity index (χ2v) is 11.1. The Morgan fingerprint density at radius 3 is 2.50 bits per heavy atom. The Labute approximate surface area is 281 Å². The molecule has 2 atom stereocenters. The number of benzene rings is 3. The minimum atomic E-state index is -1.00. The average molecular weight is 665 g/mol. The SMILES string of the molecule is CCOC(Cc1cccc(NCc2ccc(OCCCN3CCOc4ccccc43)cc2)c1)C(=O)O.N=C(N)NCCC[C@H](N)C(=O)O. The first-order chi connectivity index (χ1) is 23.2. The number of anilines is 2. The van der Waals surface area contributed by atoms with Crippen LogP contribution in [-0.4, -0.2) is 79.7 Å². The van der Waals surface area contributed by atoms with Crippen LogP contribution in [0.1, 0.15) is 37.3 Å².